The van der Waals surface area contributed by atoms with E-state index in [1.807, 2.05) is 31.2 Å². The van der Waals surface area contributed by atoms with Gasteiger partial charge >= 0.3 is 0 Å². The monoisotopic (exact) mass is 218 g/mol. The number of hydrogen-bond acceptors (Lipinski definition) is 3. The summed E-state index contributed by atoms with van der Waals surface area (Å²) in [5.74, 6) is 6.66. The Hall–Kier alpha value is -1.50. The Morgan fingerprint density at radius 1 is 1.38 bits per heavy atom. The van der Waals surface area contributed by atoms with Gasteiger partial charge in [0.1, 0.15) is 5.75 Å². The number of ether oxygens (including phenoxy) is 1. The van der Waals surface area contributed by atoms with E-state index in [4.69, 9.17) is 10.5 Å². The van der Waals surface area contributed by atoms with Gasteiger partial charge in [-0.15, -0.1) is 5.92 Å². The first kappa shape index (κ1) is 12.6. The first-order valence-corrected chi connectivity index (χ1v) is 5.28. The second kappa shape index (κ2) is 6.89. The van der Waals surface area contributed by atoms with Gasteiger partial charge in [0, 0.05) is 12.6 Å². The highest BCUT2D eigenvalue weighted by atomic mass is 16.5. The maximum atomic E-state index is 5.72. The molecule has 1 aromatic rings. The minimum Gasteiger partial charge on any atom is -0.497 e. The van der Waals surface area contributed by atoms with E-state index in [0.717, 1.165) is 11.3 Å². The summed E-state index contributed by atoms with van der Waals surface area (Å²) < 4.78 is 5.11. The van der Waals surface area contributed by atoms with Crippen LogP contribution in [0.25, 0.3) is 0 Å². The van der Waals surface area contributed by atoms with Crippen molar-refractivity contribution in [1.82, 2.24) is 5.32 Å². The van der Waals surface area contributed by atoms with Gasteiger partial charge in [-0.2, -0.15) is 0 Å². The Balaban J connectivity index is 2.65. The summed E-state index contributed by atoms with van der Waals surface area (Å²) in [6.07, 6.45) is 0. The van der Waals surface area contributed by atoms with Crippen molar-refractivity contribution < 1.29 is 4.74 Å². The van der Waals surface area contributed by atoms with Crippen LogP contribution in [-0.2, 0) is 0 Å². The number of nitrogens with two attached hydrogens (primary N) is 1. The fraction of sp³-hybridized carbons (Fsp3) is 0.385. The Bertz CT molecular complexity index is 362. The third-order valence-corrected chi connectivity index (χ3v) is 2.37. The summed E-state index contributed by atoms with van der Waals surface area (Å²) in [4.78, 5) is 0. The first-order valence-electron chi connectivity index (χ1n) is 5.28. The summed E-state index contributed by atoms with van der Waals surface area (Å²) in [6, 6.07) is 8.05. The molecule has 1 unspecified atom stereocenters. The number of nitrogens with one attached hydrogen (secondary N) is 1. The van der Waals surface area contributed by atoms with Gasteiger partial charge in [-0.1, -0.05) is 18.1 Å². The lowest BCUT2D eigenvalue weighted by molar-refractivity contribution is 0.414. The molecule has 0 saturated heterocycles. The molecule has 3 N–H and O–H groups in total. The fourth-order valence-electron chi connectivity index (χ4n) is 1.44. The molecule has 1 rings (SSSR count). The summed E-state index contributed by atoms with van der Waals surface area (Å²) in [5, 5.41) is 3.28. The molecule has 0 aliphatic carbocycles. The van der Waals surface area contributed by atoms with E-state index >= 15 is 0 Å². The first-order chi connectivity index (χ1) is 7.81. The smallest absolute Gasteiger partial charge is 0.118 e. The van der Waals surface area contributed by atoms with Crippen LogP contribution in [0.3, 0.4) is 0 Å². The van der Waals surface area contributed by atoms with Crippen LogP contribution in [0.1, 0.15) is 18.5 Å². The highest BCUT2D eigenvalue weighted by Crippen LogP contribution is 2.16. The molecule has 0 fully saturated rings. The molecule has 0 aliphatic heterocycles. The molecule has 0 spiro atoms. The van der Waals surface area contributed by atoms with Crippen LogP contribution in [0.2, 0.25) is 0 Å². The summed E-state index contributed by atoms with van der Waals surface area (Å²) in [5.41, 5.74) is 6.87. The average Bonchev–Trinajstić information content (AvgIpc) is 2.35. The van der Waals surface area contributed by atoms with E-state index in [9.17, 15) is 0 Å². The minimum atomic E-state index is 0.145. The van der Waals surface area contributed by atoms with E-state index in [1.165, 1.54) is 0 Å². The van der Waals surface area contributed by atoms with Crippen LogP contribution in [-0.4, -0.2) is 20.2 Å². The van der Waals surface area contributed by atoms with E-state index < -0.39 is 0 Å². The topological polar surface area (TPSA) is 47.3 Å². The van der Waals surface area contributed by atoms with Gasteiger partial charge in [-0.25, -0.2) is 0 Å². The zero-order valence-corrected chi connectivity index (χ0v) is 9.79. The van der Waals surface area contributed by atoms with Crippen LogP contribution < -0.4 is 15.8 Å². The molecule has 0 heterocycles. The van der Waals surface area contributed by atoms with Gasteiger partial charge in [0.15, 0.2) is 0 Å². The fourth-order valence-corrected chi connectivity index (χ4v) is 1.44. The SMILES string of the molecule is CC#CCNC(CN)c1ccc(OC)cc1. The van der Waals surface area contributed by atoms with Gasteiger partial charge in [0.25, 0.3) is 0 Å². The third kappa shape index (κ3) is 3.58. The lowest BCUT2D eigenvalue weighted by Crippen LogP contribution is -2.28. The molecule has 0 aliphatic rings. The Labute approximate surface area is 97.0 Å². The standard InChI is InChI=1S/C13H18N2O/c1-3-4-9-15-13(10-14)11-5-7-12(16-2)8-6-11/h5-8,13,15H,9-10,14H2,1-2H3. The van der Waals surface area contributed by atoms with Crippen molar-refractivity contribution >= 4 is 0 Å². The van der Waals surface area contributed by atoms with Crippen LogP contribution >= 0.6 is 0 Å². The quantitative estimate of drug-likeness (QED) is 0.732. The minimum absolute atomic E-state index is 0.145. The van der Waals surface area contributed by atoms with Crippen molar-refractivity contribution in [2.45, 2.75) is 13.0 Å². The maximum Gasteiger partial charge on any atom is 0.118 e. The molecule has 16 heavy (non-hydrogen) atoms. The number of hydrogen-bond donors (Lipinski definition) is 2. The number of methoxy groups -OCH3 is 1. The van der Waals surface area contributed by atoms with E-state index in [0.29, 0.717) is 13.1 Å². The number of rotatable bonds is 5. The molecule has 0 aromatic heterocycles. The average molecular weight is 218 g/mol. The lowest BCUT2D eigenvalue weighted by atomic mass is 10.1. The molecule has 3 nitrogen and oxygen atoms in total. The van der Waals surface area contributed by atoms with Crippen molar-refractivity contribution in [3.63, 3.8) is 0 Å². The van der Waals surface area contributed by atoms with Crippen molar-refractivity contribution in [3.05, 3.63) is 29.8 Å². The van der Waals surface area contributed by atoms with Gasteiger partial charge < -0.3 is 10.5 Å². The zero-order valence-electron chi connectivity index (χ0n) is 9.79. The summed E-state index contributed by atoms with van der Waals surface area (Å²) >= 11 is 0. The molecule has 1 aromatic carbocycles. The molecule has 0 bridgehead atoms. The van der Waals surface area contributed by atoms with Crippen molar-refractivity contribution in [2.75, 3.05) is 20.2 Å². The van der Waals surface area contributed by atoms with Gasteiger partial charge in [-0.05, 0) is 24.6 Å². The highest BCUT2D eigenvalue weighted by Gasteiger charge is 2.07. The van der Waals surface area contributed by atoms with Crippen molar-refractivity contribution in [1.29, 1.82) is 0 Å². The Kier molecular flexibility index (Phi) is 5.41. The highest BCUT2D eigenvalue weighted by molar-refractivity contribution is 5.29. The van der Waals surface area contributed by atoms with Crippen molar-refractivity contribution in [3.8, 4) is 17.6 Å². The summed E-state index contributed by atoms with van der Waals surface area (Å²) in [7, 11) is 1.66. The van der Waals surface area contributed by atoms with Crippen LogP contribution in [0.5, 0.6) is 5.75 Å². The van der Waals surface area contributed by atoms with Gasteiger partial charge in [-0.3, -0.25) is 5.32 Å². The molecular weight excluding hydrogens is 200 g/mol. The van der Waals surface area contributed by atoms with Crippen LogP contribution in [0, 0.1) is 11.8 Å². The lowest BCUT2D eigenvalue weighted by Gasteiger charge is -2.15. The van der Waals surface area contributed by atoms with E-state index in [1.54, 1.807) is 7.11 Å². The van der Waals surface area contributed by atoms with Gasteiger partial charge in [0.05, 0.1) is 13.7 Å². The molecule has 3 heteroatoms. The molecule has 0 saturated carbocycles. The molecule has 86 valence electrons. The van der Waals surface area contributed by atoms with Crippen molar-refractivity contribution in [2.24, 2.45) is 5.73 Å². The molecule has 1 atom stereocenters. The predicted molar refractivity (Wildman–Crippen MR) is 66.2 cm³/mol. The van der Waals surface area contributed by atoms with E-state index in [2.05, 4.69) is 17.2 Å². The third-order valence-electron chi connectivity index (χ3n) is 2.37. The Morgan fingerprint density at radius 2 is 2.06 bits per heavy atom. The van der Waals surface area contributed by atoms with Gasteiger partial charge in [0.2, 0.25) is 0 Å². The molecule has 0 radical (unpaired) electrons. The predicted octanol–water partition coefficient (Wildman–Crippen LogP) is 1.31. The zero-order chi connectivity index (χ0) is 11.8. The molecule has 0 amide bonds. The Morgan fingerprint density at radius 3 is 2.56 bits per heavy atom. The summed E-state index contributed by atoms with van der Waals surface area (Å²) in [6.45, 7) is 3.04. The second-order valence-electron chi connectivity index (χ2n) is 3.37. The maximum absolute atomic E-state index is 5.72. The molecular formula is C13H18N2O. The van der Waals surface area contributed by atoms with E-state index in [-0.39, 0.29) is 6.04 Å². The number of benzene rings is 1. The largest absolute Gasteiger partial charge is 0.497 e. The second-order valence-corrected chi connectivity index (χ2v) is 3.37. The normalized spacial score (nSPS) is 11.4. The van der Waals surface area contributed by atoms with Crippen LogP contribution in [0.4, 0.5) is 0 Å². The van der Waals surface area contributed by atoms with Crippen LogP contribution in [0.15, 0.2) is 24.3 Å².